The molecule has 0 saturated heterocycles. The average Bonchev–Trinajstić information content (AvgIpc) is 3.25. The number of halogens is 3. The normalized spacial score (nSPS) is 25.4. The van der Waals surface area contributed by atoms with Gasteiger partial charge in [0.25, 0.3) is 0 Å². The third kappa shape index (κ3) is 3.95. The Morgan fingerprint density at radius 1 is 1.17 bits per heavy atom. The largest absolute Gasteiger partial charge is 0.443 e. The molecule has 186 valence electrons. The van der Waals surface area contributed by atoms with Gasteiger partial charge in [0.2, 0.25) is 5.91 Å². The molecule has 1 saturated carbocycles. The lowest BCUT2D eigenvalue weighted by Gasteiger charge is -2.31. The molecule has 2 N–H and O–H groups in total. The number of hydrogen-bond acceptors (Lipinski definition) is 6. The molecule has 10 heteroatoms. The van der Waals surface area contributed by atoms with E-state index in [-0.39, 0.29) is 23.4 Å². The van der Waals surface area contributed by atoms with Crippen LogP contribution >= 0.6 is 0 Å². The molecule has 2 aliphatic rings. The SMILES string of the molecule is CC(C)(C)OC(=O)N1C(=O)[C@]2(C[C@@H](CO)/C(=N/O)[C@@H]2c2cccc(C(F)(F)F)c2)c2ccccc21. The molecule has 1 aliphatic heterocycles. The number of anilines is 1. The van der Waals surface area contributed by atoms with E-state index >= 15 is 0 Å². The second-order valence-corrected chi connectivity index (χ2v) is 9.77. The monoisotopic (exact) mass is 490 g/mol. The summed E-state index contributed by atoms with van der Waals surface area (Å²) in [5.74, 6) is -2.70. The Morgan fingerprint density at radius 3 is 2.46 bits per heavy atom. The summed E-state index contributed by atoms with van der Waals surface area (Å²) in [5.41, 5.74) is -2.76. The maximum atomic E-state index is 14.1. The first-order valence-corrected chi connectivity index (χ1v) is 11.0. The van der Waals surface area contributed by atoms with Gasteiger partial charge in [-0.2, -0.15) is 13.2 Å². The predicted octanol–water partition coefficient (Wildman–Crippen LogP) is 4.85. The Balaban J connectivity index is 1.96. The summed E-state index contributed by atoms with van der Waals surface area (Å²) >= 11 is 0. The molecule has 0 aromatic heterocycles. The molecule has 35 heavy (non-hydrogen) atoms. The first kappa shape index (κ1) is 24.7. The van der Waals surface area contributed by atoms with Crippen LogP contribution < -0.4 is 4.90 Å². The first-order chi connectivity index (χ1) is 16.3. The van der Waals surface area contributed by atoms with Crippen molar-refractivity contribution in [3.8, 4) is 0 Å². The summed E-state index contributed by atoms with van der Waals surface area (Å²) in [5, 5.41) is 23.2. The minimum absolute atomic E-state index is 0.0268. The zero-order valence-corrected chi connectivity index (χ0v) is 19.3. The number of rotatable bonds is 2. The number of fused-ring (bicyclic) bond motifs is 2. The van der Waals surface area contributed by atoms with Crippen LogP contribution in [0.25, 0.3) is 0 Å². The molecule has 1 spiro atoms. The van der Waals surface area contributed by atoms with Crippen LogP contribution in [0.4, 0.5) is 23.7 Å². The molecule has 4 rings (SSSR count). The van der Waals surface area contributed by atoms with E-state index in [4.69, 9.17) is 4.74 Å². The van der Waals surface area contributed by atoms with Crippen molar-refractivity contribution in [2.45, 2.75) is 50.3 Å². The van der Waals surface area contributed by atoms with Crippen LogP contribution in [-0.4, -0.2) is 40.2 Å². The molecule has 0 radical (unpaired) electrons. The number of imide groups is 1. The third-order valence-corrected chi connectivity index (χ3v) is 6.44. The molecule has 1 heterocycles. The van der Waals surface area contributed by atoms with Crippen LogP contribution in [0, 0.1) is 5.92 Å². The number of nitrogens with zero attached hydrogens (tertiary/aromatic N) is 2. The van der Waals surface area contributed by atoms with Crippen LogP contribution in [0.15, 0.2) is 53.7 Å². The number of alkyl halides is 3. The Morgan fingerprint density at radius 2 is 1.86 bits per heavy atom. The lowest BCUT2D eigenvalue weighted by atomic mass is 9.69. The number of aliphatic hydroxyl groups is 1. The fourth-order valence-corrected chi connectivity index (χ4v) is 5.18. The summed E-state index contributed by atoms with van der Waals surface area (Å²) < 4.78 is 46.0. The zero-order chi connectivity index (χ0) is 25.8. The summed E-state index contributed by atoms with van der Waals surface area (Å²) in [6.45, 7) is 4.43. The predicted molar refractivity (Wildman–Crippen MR) is 120 cm³/mol. The summed E-state index contributed by atoms with van der Waals surface area (Å²) in [4.78, 5) is 28.1. The van der Waals surface area contributed by atoms with Gasteiger partial charge in [-0.3, -0.25) is 4.79 Å². The van der Waals surface area contributed by atoms with E-state index in [9.17, 15) is 33.1 Å². The van der Waals surface area contributed by atoms with Gasteiger partial charge in [-0.1, -0.05) is 41.6 Å². The molecule has 1 aliphatic carbocycles. The van der Waals surface area contributed by atoms with Gasteiger partial charge in [0.15, 0.2) is 0 Å². The Kier molecular flexibility index (Phi) is 5.91. The summed E-state index contributed by atoms with van der Waals surface area (Å²) in [6, 6.07) is 10.9. The van der Waals surface area contributed by atoms with Crippen molar-refractivity contribution in [3.63, 3.8) is 0 Å². The molecule has 1 fully saturated rings. The van der Waals surface area contributed by atoms with Crippen molar-refractivity contribution < 1.29 is 37.8 Å². The maximum Gasteiger partial charge on any atom is 0.421 e. The highest BCUT2D eigenvalue weighted by Crippen LogP contribution is 2.59. The van der Waals surface area contributed by atoms with Crippen molar-refractivity contribution in [2.75, 3.05) is 11.5 Å². The first-order valence-electron chi connectivity index (χ1n) is 11.0. The van der Waals surface area contributed by atoms with E-state index in [2.05, 4.69) is 5.16 Å². The van der Waals surface area contributed by atoms with Crippen molar-refractivity contribution in [2.24, 2.45) is 11.1 Å². The van der Waals surface area contributed by atoms with Gasteiger partial charge in [0.1, 0.15) is 5.60 Å². The number of hydrogen-bond donors (Lipinski definition) is 2. The topological polar surface area (TPSA) is 99.4 Å². The van der Waals surface area contributed by atoms with Crippen LogP contribution in [0.1, 0.15) is 49.8 Å². The van der Waals surface area contributed by atoms with E-state index in [1.165, 1.54) is 12.1 Å². The van der Waals surface area contributed by atoms with Gasteiger partial charge < -0.3 is 15.1 Å². The van der Waals surface area contributed by atoms with Crippen molar-refractivity contribution in [1.82, 2.24) is 0 Å². The van der Waals surface area contributed by atoms with Gasteiger partial charge in [-0.05, 0) is 50.5 Å². The number of benzene rings is 2. The molecular formula is C25H25F3N2O5. The van der Waals surface area contributed by atoms with Gasteiger partial charge in [0, 0.05) is 11.8 Å². The Bertz CT molecular complexity index is 1200. The average molecular weight is 490 g/mol. The van der Waals surface area contributed by atoms with Crippen LogP contribution in [0.2, 0.25) is 0 Å². The minimum Gasteiger partial charge on any atom is -0.443 e. The number of para-hydroxylation sites is 1. The van der Waals surface area contributed by atoms with Crippen LogP contribution in [-0.2, 0) is 21.1 Å². The maximum absolute atomic E-state index is 14.1. The number of carbonyl (C=O) groups is 2. The molecule has 2 amide bonds. The zero-order valence-electron chi connectivity index (χ0n) is 19.3. The lowest BCUT2D eigenvalue weighted by Crippen LogP contribution is -2.47. The van der Waals surface area contributed by atoms with Crippen molar-refractivity contribution in [1.29, 1.82) is 0 Å². The van der Waals surface area contributed by atoms with Crippen LogP contribution in [0.5, 0.6) is 0 Å². The summed E-state index contributed by atoms with van der Waals surface area (Å²) in [6.07, 6.45) is -5.64. The molecule has 3 atom stereocenters. The van der Waals surface area contributed by atoms with Gasteiger partial charge in [0.05, 0.1) is 29.0 Å². The van der Waals surface area contributed by atoms with E-state index in [1.807, 2.05) is 0 Å². The lowest BCUT2D eigenvalue weighted by molar-refractivity contribution is -0.137. The summed E-state index contributed by atoms with van der Waals surface area (Å²) in [7, 11) is 0. The Labute approximate surface area is 199 Å². The fraction of sp³-hybridized carbons (Fsp3) is 0.400. The van der Waals surface area contributed by atoms with Crippen molar-refractivity contribution >= 4 is 23.4 Å². The number of aliphatic hydroxyl groups excluding tert-OH is 1. The number of oxime groups is 1. The highest BCUT2D eigenvalue weighted by atomic mass is 19.4. The van der Waals surface area contributed by atoms with Gasteiger partial charge in [-0.25, -0.2) is 9.69 Å². The molecule has 2 aromatic rings. The standard InChI is InChI=1S/C25H25F3N2O5/c1-23(2,3)35-22(33)30-18-10-5-4-9-17(18)24(21(30)32)12-15(13-31)20(29-34)19(24)14-7-6-8-16(11-14)25(26,27)28/h4-11,15,19,31,34H,12-13H2,1-3H3/b29-20-/t15-,19-,24+/m0/s1. The molecular weight excluding hydrogens is 465 g/mol. The number of ether oxygens (including phenoxy) is 1. The van der Waals surface area contributed by atoms with Crippen molar-refractivity contribution in [3.05, 3.63) is 65.2 Å². The van der Waals surface area contributed by atoms with E-state index in [0.717, 1.165) is 17.0 Å². The number of carbonyl (C=O) groups excluding carboxylic acids is 2. The quantitative estimate of drug-likeness (QED) is 0.463. The van der Waals surface area contributed by atoms with Gasteiger partial charge >= 0.3 is 12.3 Å². The highest BCUT2D eigenvalue weighted by Gasteiger charge is 2.64. The Hall–Kier alpha value is -3.40. The molecule has 7 nitrogen and oxygen atoms in total. The fourth-order valence-electron chi connectivity index (χ4n) is 5.18. The second kappa shape index (κ2) is 8.37. The number of amides is 2. The van der Waals surface area contributed by atoms with Crippen LogP contribution in [0.3, 0.4) is 0 Å². The van der Waals surface area contributed by atoms with E-state index in [0.29, 0.717) is 5.56 Å². The highest BCUT2D eigenvalue weighted by molar-refractivity contribution is 6.24. The minimum atomic E-state index is -4.64. The third-order valence-electron chi connectivity index (χ3n) is 6.44. The van der Waals surface area contributed by atoms with E-state index in [1.54, 1.807) is 45.0 Å². The molecule has 2 aromatic carbocycles. The smallest absolute Gasteiger partial charge is 0.421 e. The second-order valence-electron chi connectivity index (χ2n) is 9.77. The molecule has 0 bridgehead atoms. The van der Waals surface area contributed by atoms with E-state index < -0.39 is 53.2 Å². The van der Waals surface area contributed by atoms with Gasteiger partial charge in [-0.15, -0.1) is 0 Å². The molecule has 0 unspecified atom stereocenters.